The van der Waals surface area contributed by atoms with Gasteiger partial charge in [-0.1, -0.05) is 24.6 Å². The van der Waals surface area contributed by atoms with E-state index in [1.54, 1.807) is 11.3 Å². The van der Waals surface area contributed by atoms with Gasteiger partial charge in [0.2, 0.25) is 5.91 Å². The lowest BCUT2D eigenvalue weighted by atomic mass is 9.65. The molecule has 128 valence electrons. The Labute approximate surface area is 147 Å². The topological polar surface area (TPSA) is 55.1 Å². The summed E-state index contributed by atoms with van der Waals surface area (Å²) in [6, 6.07) is 8.83. The van der Waals surface area contributed by atoms with Crippen LogP contribution >= 0.6 is 11.3 Å². The Kier molecular flexibility index (Phi) is 4.59. The number of fused-ring (bicyclic) bond motifs is 3. The van der Waals surface area contributed by atoms with Gasteiger partial charge >= 0.3 is 0 Å². The van der Waals surface area contributed by atoms with E-state index in [2.05, 4.69) is 35.0 Å². The number of nitrogens with one attached hydrogen (secondary N) is 1. The molecule has 2 aliphatic carbocycles. The molecule has 1 amide bonds. The second kappa shape index (κ2) is 6.85. The van der Waals surface area contributed by atoms with Gasteiger partial charge in [0.15, 0.2) is 0 Å². The van der Waals surface area contributed by atoms with Crippen molar-refractivity contribution in [2.45, 2.75) is 44.6 Å². The zero-order valence-corrected chi connectivity index (χ0v) is 14.9. The minimum atomic E-state index is 0.180. The molecule has 0 spiro atoms. The van der Waals surface area contributed by atoms with Crippen LogP contribution in [0.4, 0.5) is 0 Å². The summed E-state index contributed by atoms with van der Waals surface area (Å²) in [6.45, 7) is 0.734. The van der Waals surface area contributed by atoms with Gasteiger partial charge in [-0.25, -0.2) is 0 Å². The number of rotatable bonds is 4. The van der Waals surface area contributed by atoms with E-state index in [-0.39, 0.29) is 11.8 Å². The summed E-state index contributed by atoms with van der Waals surface area (Å²) in [7, 11) is 0. The van der Waals surface area contributed by atoms with Crippen LogP contribution in [0.15, 0.2) is 29.6 Å². The number of hydrogen-bond acceptors (Lipinski definition) is 3. The summed E-state index contributed by atoms with van der Waals surface area (Å²) < 4.78 is 1.33. The molecule has 4 heteroatoms. The zero-order valence-electron chi connectivity index (χ0n) is 14.0. The normalized spacial score (nSPS) is 29.5. The molecular weight excluding hydrogens is 316 g/mol. The molecule has 1 heterocycles. The summed E-state index contributed by atoms with van der Waals surface area (Å²) >= 11 is 1.79. The van der Waals surface area contributed by atoms with Crippen LogP contribution in [0.1, 0.15) is 37.7 Å². The first-order chi connectivity index (χ1) is 11.7. The van der Waals surface area contributed by atoms with Crippen LogP contribution < -0.4 is 11.1 Å². The van der Waals surface area contributed by atoms with Gasteiger partial charge in [0.1, 0.15) is 0 Å². The third kappa shape index (κ3) is 3.09. The summed E-state index contributed by atoms with van der Waals surface area (Å²) in [6.07, 6.45) is 6.61. The third-order valence-electron chi connectivity index (χ3n) is 6.04. The lowest BCUT2D eigenvalue weighted by molar-refractivity contribution is -0.127. The second-order valence-corrected chi connectivity index (χ2v) is 8.41. The molecule has 2 saturated carbocycles. The molecule has 0 radical (unpaired) electrons. The van der Waals surface area contributed by atoms with Gasteiger partial charge in [-0.2, -0.15) is 0 Å². The second-order valence-electron chi connectivity index (χ2n) is 7.49. The van der Waals surface area contributed by atoms with Gasteiger partial charge in [-0.05, 0) is 66.3 Å². The van der Waals surface area contributed by atoms with Gasteiger partial charge in [-0.15, -0.1) is 11.3 Å². The maximum Gasteiger partial charge on any atom is 0.223 e. The van der Waals surface area contributed by atoms with Crippen LogP contribution in [-0.2, 0) is 11.2 Å². The Morgan fingerprint density at radius 2 is 1.96 bits per heavy atom. The summed E-state index contributed by atoms with van der Waals surface area (Å²) in [5.74, 6) is 1.56. The van der Waals surface area contributed by atoms with Crippen molar-refractivity contribution in [3.8, 4) is 0 Å². The predicted molar refractivity (Wildman–Crippen MR) is 100 cm³/mol. The smallest absolute Gasteiger partial charge is 0.223 e. The fraction of sp³-hybridized carbons (Fsp3) is 0.550. The summed E-state index contributed by atoms with van der Waals surface area (Å²) in [5.41, 5.74) is 7.68. The van der Waals surface area contributed by atoms with Crippen molar-refractivity contribution in [1.29, 1.82) is 0 Å². The number of carbonyl (C=O) groups excluding carboxylic acids is 1. The monoisotopic (exact) mass is 342 g/mol. The highest BCUT2D eigenvalue weighted by Gasteiger charge is 2.40. The van der Waals surface area contributed by atoms with E-state index in [0.29, 0.717) is 17.9 Å². The van der Waals surface area contributed by atoms with E-state index >= 15 is 0 Å². The average molecular weight is 343 g/mol. The molecule has 2 fully saturated rings. The highest BCUT2D eigenvalue weighted by Crippen LogP contribution is 2.41. The molecule has 3 N–H and O–H groups in total. The van der Waals surface area contributed by atoms with E-state index in [1.165, 1.54) is 34.9 Å². The lowest BCUT2D eigenvalue weighted by Gasteiger charge is -2.43. The molecular formula is C20H26N2OS. The quantitative estimate of drug-likeness (QED) is 0.890. The summed E-state index contributed by atoms with van der Waals surface area (Å²) in [4.78, 5) is 12.6. The average Bonchev–Trinajstić information content (AvgIpc) is 2.98. The SMILES string of the molecule is NC1C2CCCC1CC(C(=O)NCCc1csc3ccccc13)C2. The zero-order chi connectivity index (χ0) is 16.5. The van der Waals surface area contributed by atoms with Crippen molar-refractivity contribution in [1.82, 2.24) is 5.32 Å². The van der Waals surface area contributed by atoms with Crippen LogP contribution in [0, 0.1) is 17.8 Å². The molecule has 2 aromatic rings. The fourth-order valence-electron chi connectivity index (χ4n) is 4.69. The van der Waals surface area contributed by atoms with Crippen LogP contribution in [-0.4, -0.2) is 18.5 Å². The van der Waals surface area contributed by atoms with Gasteiger partial charge in [-0.3, -0.25) is 4.79 Å². The standard InChI is InChI=1S/C20H26N2OS/c21-19-13-4-3-5-14(19)11-16(10-13)20(23)22-9-8-15-12-24-18-7-2-1-6-17(15)18/h1-2,6-7,12-14,16,19H,3-5,8-11,21H2,(H,22,23). The molecule has 24 heavy (non-hydrogen) atoms. The number of benzene rings is 1. The minimum Gasteiger partial charge on any atom is -0.356 e. The Morgan fingerprint density at radius 3 is 2.75 bits per heavy atom. The number of hydrogen-bond donors (Lipinski definition) is 2. The summed E-state index contributed by atoms with van der Waals surface area (Å²) in [5, 5.41) is 6.74. The van der Waals surface area contributed by atoms with Gasteiger partial charge in [0, 0.05) is 23.2 Å². The molecule has 2 atom stereocenters. The number of thiophene rings is 1. The highest BCUT2D eigenvalue weighted by molar-refractivity contribution is 7.17. The van der Waals surface area contributed by atoms with Crippen molar-refractivity contribution in [2.75, 3.05) is 6.54 Å². The molecule has 1 aromatic heterocycles. The van der Waals surface area contributed by atoms with Crippen LogP contribution in [0.25, 0.3) is 10.1 Å². The Hall–Kier alpha value is -1.39. The highest BCUT2D eigenvalue weighted by atomic mass is 32.1. The fourth-order valence-corrected chi connectivity index (χ4v) is 5.69. The van der Waals surface area contributed by atoms with Gasteiger partial charge in [0.05, 0.1) is 0 Å². The first kappa shape index (κ1) is 16.1. The van der Waals surface area contributed by atoms with E-state index < -0.39 is 0 Å². The van der Waals surface area contributed by atoms with Crippen LogP contribution in [0.5, 0.6) is 0 Å². The van der Waals surface area contributed by atoms with E-state index in [9.17, 15) is 4.79 Å². The first-order valence-electron chi connectivity index (χ1n) is 9.21. The van der Waals surface area contributed by atoms with E-state index in [4.69, 9.17) is 5.73 Å². The number of carbonyl (C=O) groups is 1. The maximum atomic E-state index is 12.6. The number of amides is 1. The molecule has 0 saturated heterocycles. The largest absolute Gasteiger partial charge is 0.356 e. The Morgan fingerprint density at radius 1 is 1.21 bits per heavy atom. The number of nitrogens with two attached hydrogens (primary N) is 1. The molecule has 4 rings (SSSR count). The maximum absolute atomic E-state index is 12.6. The van der Waals surface area contributed by atoms with Crippen molar-refractivity contribution >= 4 is 27.3 Å². The van der Waals surface area contributed by atoms with E-state index in [1.807, 2.05) is 0 Å². The van der Waals surface area contributed by atoms with E-state index in [0.717, 1.165) is 25.8 Å². The molecule has 2 unspecified atom stereocenters. The lowest BCUT2D eigenvalue weighted by Crippen LogP contribution is -2.49. The van der Waals surface area contributed by atoms with Gasteiger partial charge < -0.3 is 11.1 Å². The van der Waals surface area contributed by atoms with Crippen molar-refractivity contribution < 1.29 is 4.79 Å². The molecule has 3 nitrogen and oxygen atoms in total. The Bertz CT molecular complexity index is 711. The molecule has 1 aromatic carbocycles. The van der Waals surface area contributed by atoms with Crippen molar-refractivity contribution in [3.63, 3.8) is 0 Å². The third-order valence-corrected chi connectivity index (χ3v) is 7.05. The molecule has 2 bridgehead atoms. The van der Waals surface area contributed by atoms with Crippen LogP contribution in [0.3, 0.4) is 0 Å². The predicted octanol–water partition coefficient (Wildman–Crippen LogP) is 3.71. The van der Waals surface area contributed by atoms with Crippen LogP contribution in [0.2, 0.25) is 0 Å². The molecule has 2 aliphatic rings. The first-order valence-corrected chi connectivity index (χ1v) is 10.1. The van der Waals surface area contributed by atoms with Gasteiger partial charge in [0.25, 0.3) is 0 Å². The van der Waals surface area contributed by atoms with Crippen molar-refractivity contribution in [2.24, 2.45) is 23.5 Å². The Balaban J connectivity index is 1.32. The molecule has 0 aliphatic heterocycles. The van der Waals surface area contributed by atoms with Crippen molar-refractivity contribution in [3.05, 3.63) is 35.2 Å². The minimum absolute atomic E-state index is 0.180.